The summed E-state index contributed by atoms with van der Waals surface area (Å²) in [6, 6.07) is 15.8. The van der Waals surface area contributed by atoms with Gasteiger partial charge in [0.05, 0.1) is 24.7 Å². The summed E-state index contributed by atoms with van der Waals surface area (Å²) in [7, 11) is 1.65. The molecule has 1 aliphatic carbocycles. The van der Waals surface area contributed by atoms with Crippen molar-refractivity contribution in [1.29, 1.82) is 0 Å². The number of hydrogen-bond donors (Lipinski definition) is 1. The zero-order valence-electron chi connectivity index (χ0n) is 16.8. The Morgan fingerprint density at radius 3 is 2.83 bits per heavy atom. The summed E-state index contributed by atoms with van der Waals surface area (Å²) in [4.78, 5) is 16.6. The quantitative estimate of drug-likeness (QED) is 0.535. The highest BCUT2D eigenvalue weighted by molar-refractivity contribution is 5.80. The van der Waals surface area contributed by atoms with Gasteiger partial charge in [-0.3, -0.25) is 4.79 Å². The van der Waals surface area contributed by atoms with Crippen molar-refractivity contribution in [2.45, 2.75) is 32.2 Å². The van der Waals surface area contributed by atoms with E-state index in [0.717, 1.165) is 54.0 Å². The van der Waals surface area contributed by atoms with Crippen LogP contribution in [0.2, 0.25) is 0 Å². The van der Waals surface area contributed by atoms with E-state index < -0.39 is 0 Å². The molecule has 4 rings (SSSR count). The van der Waals surface area contributed by atoms with Crippen LogP contribution in [0.4, 0.5) is 0 Å². The standard InChI is InChI=1S/C23H27N3O3/c1-28-18-6-4-7-19(16-18)29-15-14-26-21-9-3-2-8-20(21)25-22(26)10-5-13-24-23(27)17-11-12-17/h2-4,6-9,16-17H,5,10-15H2,1H3,(H,24,27). The van der Waals surface area contributed by atoms with Gasteiger partial charge >= 0.3 is 0 Å². The Morgan fingerprint density at radius 1 is 1.17 bits per heavy atom. The van der Waals surface area contributed by atoms with Crippen LogP contribution in [0.1, 0.15) is 25.1 Å². The van der Waals surface area contributed by atoms with Crippen LogP contribution >= 0.6 is 0 Å². The zero-order chi connectivity index (χ0) is 20.1. The second kappa shape index (κ2) is 8.99. The molecule has 1 saturated carbocycles. The molecular weight excluding hydrogens is 366 g/mol. The zero-order valence-corrected chi connectivity index (χ0v) is 16.8. The first-order valence-corrected chi connectivity index (χ1v) is 10.2. The fraction of sp³-hybridized carbons (Fsp3) is 0.391. The van der Waals surface area contributed by atoms with Gasteiger partial charge in [-0.05, 0) is 43.5 Å². The number of aromatic nitrogens is 2. The van der Waals surface area contributed by atoms with E-state index in [1.54, 1.807) is 7.11 Å². The van der Waals surface area contributed by atoms with Crippen molar-refractivity contribution in [2.75, 3.05) is 20.3 Å². The predicted molar refractivity (Wildman–Crippen MR) is 112 cm³/mol. The average Bonchev–Trinajstić information content (AvgIpc) is 3.54. The monoisotopic (exact) mass is 393 g/mol. The maximum absolute atomic E-state index is 11.8. The van der Waals surface area contributed by atoms with Crippen LogP contribution in [0.5, 0.6) is 11.5 Å². The molecule has 0 bridgehead atoms. The number of ether oxygens (including phenoxy) is 2. The Bertz CT molecular complexity index is 978. The normalized spacial score (nSPS) is 13.4. The van der Waals surface area contributed by atoms with Crippen LogP contribution in [0, 0.1) is 5.92 Å². The number of methoxy groups -OCH3 is 1. The molecule has 152 valence electrons. The van der Waals surface area contributed by atoms with E-state index in [1.165, 1.54) is 0 Å². The van der Waals surface area contributed by atoms with Crippen LogP contribution < -0.4 is 14.8 Å². The minimum atomic E-state index is 0.199. The van der Waals surface area contributed by atoms with Gasteiger partial charge in [-0.25, -0.2) is 4.98 Å². The molecule has 2 aromatic carbocycles. The second-order valence-electron chi connectivity index (χ2n) is 7.36. The number of nitrogens with one attached hydrogen (secondary N) is 1. The van der Waals surface area contributed by atoms with Gasteiger partial charge < -0.3 is 19.4 Å². The van der Waals surface area contributed by atoms with E-state index in [4.69, 9.17) is 14.5 Å². The molecule has 1 N–H and O–H groups in total. The molecule has 0 atom stereocenters. The highest BCUT2D eigenvalue weighted by atomic mass is 16.5. The Balaban J connectivity index is 1.38. The van der Waals surface area contributed by atoms with E-state index in [0.29, 0.717) is 19.7 Å². The molecule has 6 heteroatoms. The predicted octanol–water partition coefficient (Wildman–Crippen LogP) is 3.58. The van der Waals surface area contributed by atoms with Crippen molar-refractivity contribution < 1.29 is 14.3 Å². The van der Waals surface area contributed by atoms with E-state index in [9.17, 15) is 4.79 Å². The van der Waals surface area contributed by atoms with Gasteiger partial charge in [0, 0.05) is 24.9 Å². The van der Waals surface area contributed by atoms with E-state index in [1.807, 2.05) is 42.5 Å². The molecule has 1 heterocycles. The summed E-state index contributed by atoms with van der Waals surface area (Å²) in [5.74, 6) is 3.06. The molecule has 1 amide bonds. The number of carbonyl (C=O) groups is 1. The van der Waals surface area contributed by atoms with Crippen molar-refractivity contribution >= 4 is 16.9 Å². The first kappa shape index (κ1) is 19.3. The van der Waals surface area contributed by atoms with Crippen molar-refractivity contribution in [2.24, 2.45) is 5.92 Å². The highest BCUT2D eigenvalue weighted by Gasteiger charge is 2.29. The molecule has 29 heavy (non-hydrogen) atoms. The Kier molecular flexibility index (Phi) is 5.98. The largest absolute Gasteiger partial charge is 0.497 e. The molecule has 3 aromatic rings. The highest BCUT2D eigenvalue weighted by Crippen LogP contribution is 2.28. The number of imidazole rings is 1. The lowest BCUT2D eigenvalue weighted by atomic mass is 10.2. The minimum absolute atomic E-state index is 0.199. The Labute approximate surface area is 170 Å². The first-order chi connectivity index (χ1) is 14.2. The molecule has 1 aromatic heterocycles. The molecule has 6 nitrogen and oxygen atoms in total. The van der Waals surface area contributed by atoms with Gasteiger partial charge in [0.2, 0.25) is 5.91 Å². The number of para-hydroxylation sites is 2. The maximum Gasteiger partial charge on any atom is 0.223 e. The van der Waals surface area contributed by atoms with E-state index in [2.05, 4.69) is 16.0 Å². The number of hydrogen-bond acceptors (Lipinski definition) is 4. The van der Waals surface area contributed by atoms with Crippen LogP contribution in [-0.4, -0.2) is 35.7 Å². The van der Waals surface area contributed by atoms with Crippen LogP contribution in [0.25, 0.3) is 11.0 Å². The molecule has 0 saturated heterocycles. The smallest absolute Gasteiger partial charge is 0.223 e. The molecular formula is C23H27N3O3. The summed E-state index contributed by atoms with van der Waals surface area (Å²) >= 11 is 0. The van der Waals surface area contributed by atoms with Gasteiger partial charge in [0.15, 0.2) is 0 Å². The van der Waals surface area contributed by atoms with Crippen molar-refractivity contribution in [3.8, 4) is 11.5 Å². The molecule has 0 spiro atoms. The van der Waals surface area contributed by atoms with Crippen molar-refractivity contribution in [3.05, 3.63) is 54.4 Å². The van der Waals surface area contributed by atoms with Crippen molar-refractivity contribution in [3.63, 3.8) is 0 Å². The topological polar surface area (TPSA) is 65.4 Å². The number of rotatable bonds is 10. The number of amides is 1. The second-order valence-corrected chi connectivity index (χ2v) is 7.36. The third-order valence-electron chi connectivity index (χ3n) is 5.18. The lowest BCUT2D eigenvalue weighted by molar-refractivity contribution is -0.122. The van der Waals surface area contributed by atoms with Gasteiger partial charge in [-0.1, -0.05) is 18.2 Å². The molecule has 1 aliphatic rings. The summed E-state index contributed by atoms with van der Waals surface area (Å²) in [6.45, 7) is 1.94. The molecule has 0 radical (unpaired) electrons. The molecule has 0 unspecified atom stereocenters. The summed E-state index contributed by atoms with van der Waals surface area (Å²) in [5, 5.41) is 3.03. The number of carbonyl (C=O) groups excluding carboxylic acids is 1. The van der Waals surface area contributed by atoms with Crippen molar-refractivity contribution in [1.82, 2.24) is 14.9 Å². The first-order valence-electron chi connectivity index (χ1n) is 10.2. The summed E-state index contributed by atoms with van der Waals surface area (Å²) in [6.07, 6.45) is 3.77. The third-order valence-corrected chi connectivity index (χ3v) is 5.18. The number of benzene rings is 2. The maximum atomic E-state index is 11.8. The van der Waals surface area contributed by atoms with Gasteiger partial charge in [0.1, 0.15) is 23.9 Å². The number of aryl methyl sites for hydroxylation is 1. The average molecular weight is 393 g/mol. The minimum Gasteiger partial charge on any atom is -0.497 e. The van der Waals surface area contributed by atoms with E-state index >= 15 is 0 Å². The van der Waals surface area contributed by atoms with Gasteiger partial charge in [-0.15, -0.1) is 0 Å². The van der Waals surface area contributed by atoms with Gasteiger partial charge in [-0.2, -0.15) is 0 Å². The fourth-order valence-electron chi connectivity index (χ4n) is 3.46. The van der Waals surface area contributed by atoms with Gasteiger partial charge in [0.25, 0.3) is 0 Å². The summed E-state index contributed by atoms with van der Waals surface area (Å²) < 4.78 is 13.4. The van der Waals surface area contributed by atoms with Crippen LogP contribution in [0.3, 0.4) is 0 Å². The molecule has 0 aliphatic heterocycles. The fourth-order valence-corrected chi connectivity index (χ4v) is 3.46. The lowest BCUT2D eigenvalue weighted by Gasteiger charge is -2.12. The SMILES string of the molecule is COc1cccc(OCCn2c(CCCNC(=O)C3CC3)nc3ccccc32)c1. The van der Waals surface area contributed by atoms with Crippen LogP contribution in [0.15, 0.2) is 48.5 Å². The Hall–Kier alpha value is -3.02. The van der Waals surface area contributed by atoms with Crippen LogP contribution in [-0.2, 0) is 17.8 Å². The number of nitrogens with zero attached hydrogens (tertiary/aromatic N) is 2. The molecule has 1 fully saturated rings. The Morgan fingerprint density at radius 2 is 2.00 bits per heavy atom. The third kappa shape index (κ3) is 4.88. The van der Waals surface area contributed by atoms with E-state index in [-0.39, 0.29) is 11.8 Å². The lowest BCUT2D eigenvalue weighted by Crippen LogP contribution is -2.26. The number of fused-ring (bicyclic) bond motifs is 1. The summed E-state index contributed by atoms with van der Waals surface area (Å²) in [5.41, 5.74) is 2.10.